The molecule has 0 heterocycles. The Balaban J connectivity index is 1.66. The molecule has 2 saturated carbocycles. The van der Waals surface area contributed by atoms with Crippen molar-refractivity contribution < 1.29 is 0 Å². The average Bonchev–Trinajstić information content (AvgIpc) is 2.37. The highest BCUT2D eigenvalue weighted by Crippen LogP contribution is 2.15. The van der Waals surface area contributed by atoms with Crippen molar-refractivity contribution in [2.45, 2.75) is 64.2 Å². The van der Waals surface area contributed by atoms with Gasteiger partial charge in [-0.2, -0.15) is 0 Å². The molecule has 2 aliphatic carbocycles. The Labute approximate surface area is 99.3 Å². The molecule has 2 heteroatoms. The van der Waals surface area contributed by atoms with Crippen molar-refractivity contribution in [1.82, 2.24) is 0 Å². The Morgan fingerprint density at radius 2 is 0.938 bits per heavy atom. The molecule has 0 bridgehead atoms. The molecular formula is C14H24N2. The zero-order chi connectivity index (χ0) is 11.1. The van der Waals surface area contributed by atoms with Crippen LogP contribution in [-0.2, 0) is 0 Å². The molecule has 2 rings (SSSR count). The van der Waals surface area contributed by atoms with Crippen molar-refractivity contribution in [3.05, 3.63) is 0 Å². The van der Waals surface area contributed by atoms with Crippen LogP contribution in [0, 0.1) is 0 Å². The molecule has 2 aliphatic rings. The molecule has 0 atom stereocenters. The predicted octanol–water partition coefficient (Wildman–Crippen LogP) is 3.80. The van der Waals surface area contributed by atoms with Crippen LogP contribution >= 0.6 is 0 Å². The minimum atomic E-state index is 0.929. The maximum Gasteiger partial charge on any atom is 0.0584 e. The van der Waals surface area contributed by atoms with Crippen molar-refractivity contribution in [2.75, 3.05) is 13.1 Å². The van der Waals surface area contributed by atoms with Crippen molar-refractivity contribution in [2.24, 2.45) is 9.98 Å². The van der Waals surface area contributed by atoms with Crippen LogP contribution in [0.2, 0.25) is 0 Å². The quantitative estimate of drug-likeness (QED) is 0.646. The van der Waals surface area contributed by atoms with E-state index in [2.05, 4.69) is 9.98 Å². The van der Waals surface area contributed by atoms with E-state index in [1.807, 2.05) is 0 Å². The molecule has 0 aromatic heterocycles. The molecular weight excluding hydrogens is 196 g/mol. The Kier molecular flexibility index (Phi) is 5.04. The smallest absolute Gasteiger partial charge is 0.0584 e. The van der Waals surface area contributed by atoms with Gasteiger partial charge in [0.1, 0.15) is 0 Å². The Hall–Kier alpha value is -0.660. The lowest BCUT2D eigenvalue weighted by Crippen LogP contribution is -2.08. The summed E-state index contributed by atoms with van der Waals surface area (Å²) >= 11 is 0. The van der Waals surface area contributed by atoms with Crippen molar-refractivity contribution in [3.8, 4) is 0 Å². The van der Waals surface area contributed by atoms with Gasteiger partial charge in [0.15, 0.2) is 0 Å². The summed E-state index contributed by atoms with van der Waals surface area (Å²) in [4.78, 5) is 9.35. The van der Waals surface area contributed by atoms with Gasteiger partial charge in [0, 0.05) is 11.4 Å². The fourth-order valence-corrected chi connectivity index (χ4v) is 2.65. The highest BCUT2D eigenvalue weighted by atomic mass is 14.8. The van der Waals surface area contributed by atoms with E-state index in [0.29, 0.717) is 0 Å². The lowest BCUT2D eigenvalue weighted by atomic mass is 9.98. The normalized spacial score (nSPS) is 22.0. The van der Waals surface area contributed by atoms with Crippen molar-refractivity contribution >= 4 is 11.4 Å². The SMILES string of the molecule is C1CCC(=NCCN=C2CCCCC2)CC1. The van der Waals surface area contributed by atoms with Crippen LogP contribution < -0.4 is 0 Å². The van der Waals surface area contributed by atoms with Gasteiger partial charge in [0.05, 0.1) is 13.1 Å². The summed E-state index contributed by atoms with van der Waals surface area (Å²) in [6, 6.07) is 0. The monoisotopic (exact) mass is 220 g/mol. The van der Waals surface area contributed by atoms with Crippen LogP contribution in [0.5, 0.6) is 0 Å². The van der Waals surface area contributed by atoms with E-state index in [9.17, 15) is 0 Å². The zero-order valence-electron chi connectivity index (χ0n) is 10.4. The van der Waals surface area contributed by atoms with Crippen molar-refractivity contribution in [3.63, 3.8) is 0 Å². The Morgan fingerprint density at radius 1 is 0.562 bits per heavy atom. The molecule has 0 amide bonds. The third kappa shape index (κ3) is 4.07. The average molecular weight is 220 g/mol. The minimum Gasteiger partial charge on any atom is -0.292 e. The van der Waals surface area contributed by atoms with E-state index < -0.39 is 0 Å². The van der Waals surface area contributed by atoms with Gasteiger partial charge in [-0.15, -0.1) is 0 Å². The maximum absolute atomic E-state index is 4.68. The second kappa shape index (κ2) is 6.82. The Morgan fingerprint density at radius 3 is 1.31 bits per heavy atom. The Bertz CT molecular complexity index is 222. The maximum atomic E-state index is 4.68. The third-order valence-corrected chi connectivity index (χ3v) is 3.63. The van der Waals surface area contributed by atoms with Crippen LogP contribution in [0.4, 0.5) is 0 Å². The number of aliphatic imine (C=N–C) groups is 2. The molecule has 0 aromatic rings. The fraction of sp³-hybridized carbons (Fsp3) is 0.857. The van der Waals surface area contributed by atoms with E-state index in [-0.39, 0.29) is 0 Å². The van der Waals surface area contributed by atoms with E-state index >= 15 is 0 Å². The summed E-state index contributed by atoms with van der Waals surface area (Å²) in [6.07, 6.45) is 13.2. The highest BCUT2D eigenvalue weighted by Gasteiger charge is 2.07. The summed E-state index contributed by atoms with van der Waals surface area (Å²) in [6.45, 7) is 1.86. The lowest BCUT2D eigenvalue weighted by molar-refractivity contribution is 0.659. The van der Waals surface area contributed by atoms with Gasteiger partial charge in [-0.3, -0.25) is 9.98 Å². The van der Waals surface area contributed by atoms with Gasteiger partial charge in [0.25, 0.3) is 0 Å². The van der Waals surface area contributed by atoms with Gasteiger partial charge in [-0.05, 0) is 51.4 Å². The molecule has 0 saturated heterocycles. The first-order valence-electron chi connectivity index (χ1n) is 6.99. The molecule has 0 spiro atoms. The zero-order valence-corrected chi connectivity index (χ0v) is 10.4. The lowest BCUT2D eigenvalue weighted by Gasteiger charge is -2.13. The second-order valence-corrected chi connectivity index (χ2v) is 5.02. The molecule has 0 N–H and O–H groups in total. The molecule has 0 aliphatic heterocycles. The molecule has 0 unspecified atom stereocenters. The first-order valence-corrected chi connectivity index (χ1v) is 6.99. The molecule has 0 aromatic carbocycles. The number of hydrogen-bond acceptors (Lipinski definition) is 2. The molecule has 16 heavy (non-hydrogen) atoms. The van der Waals surface area contributed by atoms with Gasteiger partial charge < -0.3 is 0 Å². The first kappa shape index (κ1) is 11.8. The van der Waals surface area contributed by atoms with Crippen LogP contribution in [0.3, 0.4) is 0 Å². The largest absolute Gasteiger partial charge is 0.292 e. The summed E-state index contributed by atoms with van der Waals surface area (Å²) < 4.78 is 0. The third-order valence-electron chi connectivity index (χ3n) is 3.63. The summed E-state index contributed by atoms with van der Waals surface area (Å²) in [7, 11) is 0. The molecule has 2 fully saturated rings. The standard InChI is InChI=1S/C14H24N2/c1-3-7-13(8-4-1)15-11-12-16-14-9-5-2-6-10-14/h1-12H2. The van der Waals surface area contributed by atoms with Gasteiger partial charge in [-0.1, -0.05) is 12.8 Å². The molecule has 90 valence electrons. The summed E-state index contributed by atoms with van der Waals surface area (Å²) in [5.41, 5.74) is 2.91. The van der Waals surface area contributed by atoms with Crippen LogP contribution in [0.25, 0.3) is 0 Å². The molecule has 0 radical (unpaired) electrons. The number of rotatable bonds is 3. The van der Waals surface area contributed by atoms with Crippen LogP contribution in [0.1, 0.15) is 64.2 Å². The van der Waals surface area contributed by atoms with Gasteiger partial charge >= 0.3 is 0 Å². The second-order valence-electron chi connectivity index (χ2n) is 5.02. The topological polar surface area (TPSA) is 24.7 Å². The van der Waals surface area contributed by atoms with Gasteiger partial charge in [-0.25, -0.2) is 0 Å². The number of hydrogen-bond donors (Lipinski definition) is 0. The summed E-state index contributed by atoms with van der Waals surface area (Å²) in [5, 5.41) is 0. The van der Waals surface area contributed by atoms with Crippen molar-refractivity contribution in [1.29, 1.82) is 0 Å². The summed E-state index contributed by atoms with van der Waals surface area (Å²) in [5.74, 6) is 0. The predicted molar refractivity (Wildman–Crippen MR) is 70.8 cm³/mol. The van der Waals surface area contributed by atoms with E-state index in [0.717, 1.165) is 13.1 Å². The minimum absolute atomic E-state index is 0.929. The fourth-order valence-electron chi connectivity index (χ4n) is 2.65. The van der Waals surface area contributed by atoms with Crippen LogP contribution in [0.15, 0.2) is 9.98 Å². The first-order chi connectivity index (χ1) is 7.95. The number of nitrogens with zero attached hydrogens (tertiary/aromatic N) is 2. The van der Waals surface area contributed by atoms with E-state index in [1.54, 1.807) is 0 Å². The van der Waals surface area contributed by atoms with Gasteiger partial charge in [0.2, 0.25) is 0 Å². The highest BCUT2D eigenvalue weighted by molar-refractivity contribution is 5.85. The van der Waals surface area contributed by atoms with Crippen LogP contribution in [-0.4, -0.2) is 24.5 Å². The van der Waals surface area contributed by atoms with E-state index in [4.69, 9.17) is 0 Å². The van der Waals surface area contributed by atoms with E-state index in [1.165, 1.54) is 75.6 Å². The molecule has 2 nitrogen and oxygen atoms in total.